The average molecular weight is 347 g/mol. The molecule has 1 amide bonds. The molecule has 0 spiro atoms. The molecule has 0 saturated heterocycles. The van der Waals surface area contributed by atoms with Crippen LogP contribution in [0.25, 0.3) is 11.4 Å². The highest BCUT2D eigenvalue weighted by molar-refractivity contribution is 7.99. The van der Waals surface area contributed by atoms with Crippen LogP contribution in [0, 0.1) is 0 Å². The van der Waals surface area contributed by atoms with Crippen molar-refractivity contribution in [3.8, 4) is 17.1 Å². The third-order valence-electron chi connectivity index (χ3n) is 4.07. The van der Waals surface area contributed by atoms with Gasteiger partial charge in [-0.2, -0.15) is 0 Å². The Balaban J connectivity index is 1.65. The molecule has 7 nitrogen and oxygen atoms in total. The minimum absolute atomic E-state index is 0.00809. The van der Waals surface area contributed by atoms with Gasteiger partial charge in [-0.05, 0) is 25.0 Å². The van der Waals surface area contributed by atoms with E-state index >= 15 is 0 Å². The van der Waals surface area contributed by atoms with Crippen molar-refractivity contribution in [1.29, 1.82) is 0 Å². The van der Waals surface area contributed by atoms with Crippen molar-refractivity contribution in [2.24, 2.45) is 0 Å². The summed E-state index contributed by atoms with van der Waals surface area (Å²) in [4.78, 5) is 12.0. The van der Waals surface area contributed by atoms with Crippen LogP contribution in [0.2, 0.25) is 0 Å². The first-order valence-electron chi connectivity index (χ1n) is 7.95. The van der Waals surface area contributed by atoms with Crippen LogP contribution in [0.5, 0.6) is 5.75 Å². The highest BCUT2D eigenvalue weighted by Crippen LogP contribution is 2.29. The fourth-order valence-corrected chi connectivity index (χ4v) is 3.53. The van der Waals surface area contributed by atoms with Crippen molar-refractivity contribution in [3.05, 3.63) is 24.3 Å². The molecule has 1 aromatic carbocycles. The van der Waals surface area contributed by atoms with Gasteiger partial charge in [-0.15, -0.1) is 10.2 Å². The Morgan fingerprint density at radius 2 is 2.12 bits per heavy atom. The summed E-state index contributed by atoms with van der Waals surface area (Å²) in [6, 6.07) is 7.79. The lowest BCUT2D eigenvalue weighted by Crippen LogP contribution is -2.34. The van der Waals surface area contributed by atoms with E-state index in [4.69, 9.17) is 10.6 Å². The molecule has 2 aromatic rings. The third-order valence-corrected chi connectivity index (χ3v) is 5.01. The molecule has 1 saturated carbocycles. The highest BCUT2D eigenvalue weighted by Gasteiger charge is 2.19. The standard InChI is InChI=1S/C16H21N5O2S/c1-23-13-9-5-4-8-12(13)15-19-20-16(21(15)17)24-10-14(22)18-11-6-2-3-7-11/h4-5,8-9,11H,2-3,6-7,10,17H2,1H3,(H,18,22). The van der Waals surface area contributed by atoms with Gasteiger partial charge in [0.2, 0.25) is 11.1 Å². The molecule has 1 heterocycles. The maximum Gasteiger partial charge on any atom is 0.230 e. The first kappa shape index (κ1) is 16.6. The molecule has 0 aliphatic heterocycles. The average Bonchev–Trinajstić information content (AvgIpc) is 3.23. The maximum atomic E-state index is 12.0. The Morgan fingerprint density at radius 3 is 2.88 bits per heavy atom. The van der Waals surface area contributed by atoms with Gasteiger partial charge in [0.1, 0.15) is 5.75 Å². The number of nitrogens with two attached hydrogens (primary N) is 1. The van der Waals surface area contributed by atoms with Gasteiger partial charge in [0.05, 0.1) is 18.4 Å². The zero-order chi connectivity index (χ0) is 16.9. The van der Waals surface area contributed by atoms with Gasteiger partial charge in [-0.25, -0.2) is 4.68 Å². The molecular weight excluding hydrogens is 326 g/mol. The molecule has 3 rings (SSSR count). The SMILES string of the molecule is COc1ccccc1-c1nnc(SCC(=O)NC2CCCC2)n1N. The number of methoxy groups -OCH3 is 1. The normalized spacial score (nSPS) is 14.7. The van der Waals surface area contributed by atoms with E-state index in [0.29, 0.717) is 22.8 Å². The molecule has 0 bridgehead atoms. The van der Waals surface area contributed by atoms with E-state index in [-0.39, 0.29) is 11.7 Å². The van der Waals surface area contributed by atoms with Crippen LogP contribution in [0.3, 0.4) is 0 Å². The van der Waals surface area contributed by atoms with Gasteiger partial charge in [-0.3, -0.25) is 4.79 Å². The van der Waals surface area contributed by atoms with Crippen molar-refractivity contribution in [2.45, 2.75) is 36.9 Å². The van der Waals surface area contributed by atoms with Gasteiger partial charge in [0.15, 0.2) is 5.82 Å². The number of carbonyl (C=O) groups excluding carboxylic acids is 1. The number of aromatic nitrogens is 3. The second kappa shape index (κ2) is 7.57. The van der Waals surface area contributed by atoms with Crippen LogP contribution in [-0.2, 0) is 4.79 Å². The smallest absolute Gasteiger partial charge is 0.230 e. The summed E-state index contributed by atoms with van der Waals surface area (Å²) in [5, 5.41) is 11.8. The number of amides is 1. The van der Waals surface area contributed by atoms with Crippen molar-refractivity contribution in [2.75, 3.05) is 18.7 Å². The largest absolute Gasteiger partial charge is 0.496 e. The number of thioether (sulfide) groups is 1. The van der Waals surface area contributed by atoms with Gasteiger partial charge >= 0.3 is 0 Å². The van der Waals surface area contributed by atoms with Gasteiger partial charge < -0.3 is 15.9 Å². The Kier molecular flexibility index (Phi) is 5.24. The maximum absolute atomic E-state index is 12.0. The number of nitrogen functional groups attached to an aromatic ring is 1. The van der Waals surface area contributed by atoms with Crippen LogP contribution in [0.15, 0.2) is 29.4 Å². The predicted molar refractivity (Wildman–Crippen MR) is 93.3 cm³/mol. The molecular formula is C16H21N5O2S. The molecule has 1 aliphatic rings. The first-order chi connectivity index (χ1) is 11.7. The molecule has 128 valence electrons. The van der Waals surface area contributed by atoms with E-state index in [1.807, 2.05) is 24.3 Å². The lowest BCUT2D eigenvalue weighted by Gasteiger charge is -2.11. The summed E-state index contributed by atoms with van der Waals surface area (Å²) in [6.07, 6.45) is 4.53. The van der Waals surface area contributed by atoms with Crippen molar-refractivity contribution < 1.29 is 9.53 Å². The molecule has 8 heteroatoms. The summed E-state index contributed by atoms with van der Waals surface area (Å²) in [6.45, 7) is 0. The van der Waals surface area contributed by atoms with Gasteiger partial charge in [0.25, 0.3) is 0 Å². The number of benzene rings is 1. The number of nitrogens with one attached hydrogen (secondary N) is 1. The molecule has 3 N–H and O–H groups in total. The third kappa shape index (κ3) is 3.64. The number of para-hydroxylation sites is 1. The van der Waals surface area contributed by atoms with Crippen LogP contribution >= 0.6 is 11.8 Å². The van der Waals surface area contributed by atoms with Crippen LogP contribution in [0.1, 0.15) is 25.7 Å². The minimum atomic E-state index is 0.00809. The highest BCUT2D eigenvalue weighted by atomic mass is 32.2. The quantitative estimate of drug-likeness (QED) is 0.611. The molecule has 0 atom stereocenters. The van der Waals surface area contributed by atoms with E-state index in [1.54, 1.807) is 7.11 Å². The van der Waals surface area contributed by atoms with Crippen LogP contribution < -0.4 is 15.9 Å². The van der Waals surface area contributed by atoms with Crippen LogP contribution in [0.4, 0.5) is 0 Å². The lowest BCUT2D eigenvalue weighted by molar-refractivity contribution is -0.119. The molecule has 1 aliphatic carbocycles. The second-order valence-electron chi connectivity index (χ2n) is 5.71. The van der Waals surface area contributed by atoms with E-state index in [9.17, 15) is 4.79 Å². The number of hydrogen-bond acceptors (Lipinski definition) is 6. The fraction of sp³-hybridized carbons (Fsp3) is 0.438. The van der Waals surface area contributed by atoms with Crippen LogP contribution in [-0.4, -0.2) is 39.7 Å². The molecule has 24 heavy (non-hydrogen) atoms. The van der Waals surface area contributed by atoms with Crippen molar-refractivity contribution in [3.63, 3.8) is 0 Å². The van der Waals surface area contributed by atoms with Gasteiger partial charge in [-0.1, -0.05) is 36.7 Å². The van der Waals surface area contributed by atoms with Gasteiger partial charge in [0, 0.05) is 6.04 Å². The Hall–Kier alpha value is -2.22. The van der Waals surface area contributed by atoms with E-state index in [2.05, 4.69) is 15.5 Å². The zero-order valence-electron chi connectivity index (χ0n) is 13.6. The fourth-order valence-electron chi connectivity index (χ4n) is 2.86. The van der Waals surface area contributed by atoms with E-state index in [0.717, 1.165) is 18.4 Å². The Bertz CT molecular complexity index is 712. The summed E-state index contributed by atoms with van der Waals surface area (Å²) >= 11 is 1.28. The summed E-state index contributed by atoms with van der Waals surface area (Å²) in [5.74, 6) is 7.55. The van der Waals surface area contributed by atoms with E-state index < -0.39 is 0 Å². The number of carbonyl (C=O) groups is 1. The molecule has 0 radical (unpaired) electrons. The number of nitrogens with zero attached hydrogens (tertiary/aromatic N) is 3. The number of ether oxygens (including phenoxy) is 1. The van der Waals surface area contributed by atoms with E-state index in [1.165, 1.54) is 29.3 Å². The number of rotatable bonds is 6. The summed E-state index contributed by atoms with van der Waals surface area (Å²) in [7, 11) is 1.60. The molecule has 0 unspecified atom stereocenters. The minimum Gasteiger partial charge on any atom is -0.496 e. The Morgan fingerprint density at radius 1 is 1.38 bits per heavy atom. The van der Waals surface area contributed by atoms with Crippen molar-refractivity contribution >= 4 is 17.7 Å². The summed E-state index contributed by atoms with van der Waals surface area (Å²) < 4.78 is 6.72. The zero-order valence-corrected chi connectivity index (χ0v) is 14.4. The Labute approximate surface area is 144 Å². The molecule has 1 aromatic heterocycles. The number of hydrogen-bond donors (Lipinski definition) is 2. The second-order valence-corrected chi connectivity index (χ2v) is 6.66. The lowest BCUT2D eigenvalue weighted by atomic mass is 10.2. The molecule has 1 fully saturated rings. The monoisotopic (exact) mass is 347 g/mol. The topological polar surface area (TPSA) is 95.1 Å². The predicted octanol–water partition coefficient (Wildman–Crippen LogP) is 1.82. The first-order valence-corrected chi connectivity index (χ1v) is 8.93. The van der Waals surface area contributed by atoms with Crippen molar-refractivity contribution in [1.82, 2.24) is 20.2 Å². The summed E-state index contributed by atoms with van der Waals surface area (Å²) in [5.41, 5.74) is 0.761.